The molecule has 2 N–H and O–H groups in total. The molecule has 23 heavy (non-hydrogen) atoms. The van der Waals surface area contributed by atoms with Crippen molar-refractivity contribution in [3.63, 3.8) is 0 Å². The predicted octanol–water partition coefficient (Wildman–Crippen LogP) is 2.24. The van der Waals surface area contributed by atoms with Gasteiger partial charge in [0.25, 0.3) is 0 Å². The molecule has 0 aliphatic carbocycles. The molecule has 5 nitrogen and oxygen atoms in total. The number of benzene rings is 1. The van der Waals surface area contributed by atoms with Crippen molar-refractivity contribution in [1.82, 2.24) is 10.6 Å². The first-order valence-electron chi connectivity index (χ1n) is 7.38. The van der Waals surface area contributed by atoms with E-state index in [4.69, 9.17) is 21.1 Å². The lowest BCUT2D eigenvalue weighted by molar-refractivity contribution is -0.121. The van der Waals surface area contributed by atoms with Crippen LogP contribution in [0.15, 0.2) is 12.1 Å². The van der Waals surface area contributed by atoms with Crippen LogP contribution in [0.3, 0.4) is 0 Å². The third kappa shape index (κ3) is 5.08. The van der Waals surface area contributed by atoms with E-state index in [1.165, 1.54) is 0 Å². The van der Waals surface area contributed by atoms with Gasteiger partial charge in [0.05, 0.1) is 5.02 Å². The summed E-state index contributed by atoms with van der Waals surface area (Å²) in [5, 5.41) is 6.82. The molecule has 1 amide bonds. The molecule has 2 aliphatic rings. The van der Waals surface area contributed by atoms with Gasteiger partial charge in [-0.25, -0.2) is 0 Å². The first kappa shape index (κ1) is 18.5. The minimum atomic E-state index is 0. The van der Waals surface area contributed by atoms with Gasteiger partial charge in [-0.2, -0.15) is 11.8 Å². The largest absolute Gasteiger partial charge is 0.486 e. The lowest BCUT2D eigenvalue weighted by Gasteiger charge is -2.23. The van der Waals surface area contributed by atoms with Crippen LogP contribution in [0.4, 0.5) is 0 Å². The highest BCUT2D eigenvalue weighted by molar-refractivity contribution is 7.99. The molecule has 1 fully saturated rings. The van der Waals surface area contributed by atoms with Crippen LogP contribution in [-0.4, -0.2) is 43.2 Å². The Hall–Kier alpha value is -0.820. The van der Waals surface area contributed by atoms with Crippen molar-refractivity contribution < 1.29 is 14.3 Å². The molecule has 8 heteroatoms. The molecule has 0 radical (unpaired) electrons. The predicted molar refractivity (Wildman–Crippen MR) is 95.3 cm³/mol. The third-order valence-electron chi connectivity index (χ3n) is 3.58. The van der Waals surface area contributed by atoms with Crippen molar-refractivity contribution >= 4 is 41.7 Å². The average molecular weight is 379 g/mol. The maximum absolute atomic E-state index is 12.0. The second kappa shape index (κ2) is 8.87. The second-order valence-electron chi connectivity index (χ2n) is 5.31. The molecular weight excluding hydrogens is 359 g/mol. The van der Waals surface area contributed by atoms with Gasteiger partial charge < -0.3 is 20.1 Å². The fraction of sp³-hybridized carbons (Fsp3) is 0.533. The van der Waals surface area contributed by atoms with Crippen LogP contribution in [0.25, 0.3) is 0 Å². The van der Waals surface area contributed by atoms with E-state index in [1.807, 2.05) is 23.9 Å². The molecule has 2 aliphatic heterocycles. The van der Waals surface area contributed by atoms with Gasteiger partial charge in [-0.05, 0) is 17.7 Å². The van der Waals surface area contributed by atoms with E-state index in [9.17, 15) is 4.79 Å². The summed E-state index contributed by atoms with van der Waals surface area (Å²) in [7, 11) is 0. The summed E-state index contributed by atoms with van der Waals surface area (Å²) < 4.78 is 11.0. The number of fused-ring (bicyclic) bond motifs is 1. The highest BCUT2D eigenvalue weighted by Gasteiger charge is 2.18. The number of ether oxygens (including phenoxy) is 2. The van der Waals surface area contributed by atoms with E-state index in [2.05, 4.69) is 10.6 Å². The standard InChI is InChI=1S/C15H19ClN2O3S.ClH/c16-12-5-10(6-13-15(12)21-3-2-20-13)8-18-14(19)7-11-9-22-4-1-17-11;/h5-6,11,17H,1-4,7-9H2,(H,18,19);1H. The van der Waals surface area contributed by atoms with Crippen LogP contribution < -0.4 is 20.1 Å². The molecule has 1 saturated heterocycles. The summed E-state index contributed by atoms with van der Waals surface area (Å²) in [4.78, 5) is 12.0. The van der Waals surface area contributed by atoms with Gasteiger partial charge in [-0.15, -0.1) is 12.4 Å². The smallest absolute Gasteiger partial charge is 0.221 e. The summed E-state index contributed by atoms with van der Waals surface area (Å²) in [6, 6.07) is 3.95. The third-order valence-corrected chi connectivity index (χ3v) is 4.99. The van der Waals surface area contributed by atoms with E-state index in [0.29, 0.717) is 42.7 Å². The van der Waals surface area contributed by atoms with E-state index < -0.39 is 0 Å². The van der Waals surface area contributed by atoms with Crippen molar-refractivity contribution in [3.05, 3.63) is 22.7 Å². The molecule has 1 aromatic rings. The number of nitrogens with one attached hydrogen (secondary N) is 2. The van der Waals surface area contributed by atoms with E-state index in [0.717, 1.165) is 23.6 Å². The summed E-state index contributed by atoms with van der Waals surface area (Å²) in [6.45, 7) is 2.44. The molecule has 1 unspecified atom stereocenters. The average Bonchev–Trinajstić information content (AvgIpc) is 2.54. The minimum Gasteiger partial charge on any atom is -0.486 e. The van der Waals surface area contributed by atoms with Crippen molar-refractivity contribution in [2.45, 2.75) is 19.0 Å². The van der Waals surface area contributed by atoms with Crippen molar-refractivity contribution in [1.29, 1.82) is 0 Å². The van der Waals surface area contributed by atoms with Gasteiger partial charge in [-0.3, -0.25) is 4.79 Å². The van der Waals surface area contributed by atoms with E-state index in [1.54, 1.807) is 0 Å². The zero-order valence-electron chi connectivity index (χ0n) is 12.6. The molecule has 128 valence electrons. The Kier molecular flexibility index (Phi) is 7.14. The Morgan fingerprint density at radius 2 is 2.22 bits per heavy atom. The summed E-state index contributed by atoms with van der Waals surface area (Å²) in [5.41, 5.74) is 0.911. The molecule has 1 aromatic carbocycles. The fourth-order valence-corrected chi connectivity index (χ4v) is 3.75. The van der Waals surface area contributed by atoms with Gasteiger partial charge in [0.15, 0.2) is 11.5 Å². The Balaban J connectivity index is 0.00000192. The summed E-state index contributed by atoms with van der Waals surface area (Å²) in [5.74, 6) is 3.39. The van der Waals surface area contributed by atoms with Crippen LogP contribution in [0.1, 0.15) is 12.0 Å². The fourth-order valence-electron chi connectivity index (χ4n) is 2.51. The number of carbonyl (C=O) groups is 1. The topological polar surface area (TPSA) is 59.6 Å². The summed E-state index contributed by atoms with van der Waals surface area (Å²) >= 11 is 8.07. The Morgan fingerprint density at radius 1 is 1.39 bits per heavy atom. The van der Waals surface area contributed by atoms with Gasteiger partial charge in [0.2, 0.25) is 5.91 Å². The van der Waals surface area contributed by atoms with Gasteiger partial charge in [-0.1, -0.05) is 11.6 Å². The second-order valence-corrected chi connectivity index (χ2v) is 6.87. The van der Waals surface area contributed by atoms with Crippen LogP contribution in [0.2, 0.25) is 5.02 Å². The lowest BCUT2D eigenvalue weighted by atomic mass is 10.1. The Bertz CT molecular complexity index is 554. The van der Waals surface area contributed by atoms with E-state index in [-0.39, 0.29) is 24.4 Å². The van der Waals surface area contributed by atoms with Gasteiger partial charge >= 0.3 is 0 Å². The minimum absolute atomic E-state index is 0. The van der Waals surface area contributed by atoms with Crippen molar-refractivity contribution in [3.8, 4) is 11.5 Å². The molecule has 0 bridgehead atoms. The molecule has 0 spiro atoms. The number of rotatable bonds is 4. The number of hydrogen-bond acceptors (Lipinski definition) is 5. The first-order chi connectivity index (χ1) is 10.7. The van der Waals surface area contributed by atoms with Crippen LogP contribution >= 0.6 is 35.8 Å². The maximum Gasteiger partial charge on any atom is 0.221 e. The quantitative estimate of drug-likeness (QED) is 0.841. The van der Waals surface area contributed by atoms with Crippen molar-refractivity contribution in [2.75, 3.05) is 31.3 Å². The monoisotopic (exact) mass is 378 g/mol. The molecule has 0 saturated carbocycles. The van der Waals surface area contributed by atoms with Gasteiger partial charge in [0, 0.05) is 37.1 Å². The van der Waals surface area contributed by atoms with E-state index >= 15 is 0 Å². The van der Waals surface area contributed by atoms with Crippen LogP contribution in [0.5, 0.6) is 11.5 Å². The Labute approximate surface area is 151 Å². The van der Waals surface area contributed by atoms with Gasteiger partial charge in [0.1, 0.15) is 13.2 Å². The zero-order chi connectivity index (χ0) is 15.4. The maximum atomic E-state index is 12.0. The normalized spacial score (nSPS) is 19.6. The molecule has 0 aromatic heterocycles. The number of thioether (sulfide) groups is 1. The Morgan fingerprint density at radius 3 is 3.00 bits per heavy atom. The zero-order valence-corrected chi connectivity index (χ0v) is 15.0. The molecule has 1 atom stereocenters. The summed E-state index contributed by atoms with van der Waals surface area (Å²) in [6.07, 6.45) is 0.505. The highest BCUT2D eigenvalue weighted by atomic mass is 35.5. The number of amides is 1. The molecular formula is C15H20Cl2N2O3S. The molecule has 3 rings (SSSR count). The lowest BCUT2D eigenvalue weighted by Crippen LogP contribution is -2.41. The van der Waals surface area contributed by atoms with Crippen molar-refractivity contribution in [2.24, 2.45) is 0 Å². The number of carbonyl (C=O) groups excluding carboxylic acids is 1. The first-order valence-corrected chi connectivity index (χ1v) is 8.91. The van der Waals surface area contributed by atoms with Crippen LogP contribution in [0, 0.1) is 0 Å². The number of halogens is 2. The van der Waals surface area contributed by atoms with Crippen LogP contribution in [-0.2, 0) is 11.3 Å². The highest BCUT2D eigenvalue weighted by Crippen LogP contribution is 2.38. The SMILES string of the molecule is Cl.O=C(CC1CSCCN1)NCc1cc(Cl)c2c(c1)OCCO2. The molecule has 2 heterocycles. The number of hydrogen-bond donors (Lipinski definition) is 2.